The van der Waals surface area contributed by atoms with Crippen molar-refractivity contribution in [1.82, 2.24) is 15.5 Å². The number of aliphatic hydroxyl groups excluding tert-OH is 1. The van der Waals surface area contributed by atoms with Crippen molar-refractivity contribution in [2.45, 2.75) is 102 Å². The highest BCUT2D eigenvalue weighted by Crippen LogP contribution is 2.20. The maximum atomic E-state index is 12.7. The van der Waals surface area contributed by atoms with Crippen LogP contribution in [0.2, 0.25) is 0 Å². The third-order valence-corrected chi connectivity index (χ3v) is 6.94. The van der Waals surface area contributed by atoms with E-state index < -0.39 is 6.04 Å². The largest absolute Gasteiger partial charge is 0.492 e. The minimum atomic E-state index is -0.829. The molecule has 2 atom stereocenters. The number of ether oxygens (including phenoxy) is 1. The Labute approximate surface area is 222 Å². The molecule has 208 valence electrons. The van der Waals surface area contributed by atoms with Gasteiger partial charge in [-0.15, -0.1) is 0 Å². The van der Waals surface area contributed by atoms with Crippen LogP contribution in [0.4, 0.5) is 0 Å². The molecular formula is C29H47N3O5. The number of aliphatic hydroxyl groups is 1. The smallest absolute Gasteiger partial charge is 0.247 e. The van der Waals surface area contributed by atoms with E-state index in [1.807, 2.05) is 35.2 Å². The highest BCUT2D eigenvalue weighted by atomic mass is 16.5. The van der Waals surface area contributed by atoms with Gasteiger partial charge in [0.15, 0.2) is 0 Å². The van der Waals surface area contributed by atoms with Gasteiger partial charge < -0.3 is 25.4 Å². The van der Waals surface area contributed by atoms with Crippen molar-refractivity contribution in [1.29, 1.82) is 0 Å². The van der Waals surface area contributed by atoms with E-state index in [0.717, 1.165) is 76.4 Å². The molecule has 1 fully saturated rings. The first-order valence-electron chi connectivity index (χ1n) is 14.2. The Kier molecular flexibility index (Phi) is 15.4. The molecule has 0 radical (unpaired) electrons. The summed E-state index contributed by atoms with van der Waals surface area (Å²) in [7, 11) is 0. The first-order valence-corrected chi connectivity index (χ1v) is 14.2. The summed E-state index contributed by atoms with van der Waals surface area (Å²) >= 11 is 0. The third kappa shape index (κ3) is 12.5. The Morgan fingerprint density at radius 1 is 0.973 bits per heavy atom. The Hall–Kier alpha value is -2.61. The molecule has 0 bridgehead atoms. The van der Waals surface area contributed by atoms with Crippen molar-refractivity contribution in [3.05, 3.63) is 30.3 Å². The first-order chi connectivity index (χ1) is 18.0. The topological polar surface area (TPSA) is 108 Å². The minimum Gasteiger partial charge on any atom is -0.492 e. The lowest BCUT2D eigenvalue weighted by Gasteiger charge is -2.28. The van der Waals surface area contributed by atoms with E-state index in [1.54, 1.807) is 0 Å². The van der Waals surface area contributed by atoms with E-state index >= 15 is 0 Å². The molecule has 3 N–H and O–H groups in total. The average molecular weight is 518 g/mol. The molecule has 0 aromatic heterocycles. The lowest BCUT2D eigenvalue weighted by atomic mass is 10.1. The summed E-state index contributed by atoms with van der Waals surface area (Å²) in [6.45, 7) is 3.40. The van der Waals surface area contributed by atoms with Gasteiger partial charge in [-0.1, -0.05) is 63.6 Å². The van der Waals surface area contributed by atoms with E-state index in [9.17, 15) is 19.5 Å². The van der Waals surface area contributed by atoms with Crippen LogP contribution >= 0.6 is 0 Å². The van der Waals surface area contributed by atoms with Crippen molar-refractivity contribution >= 4 is 17.7 Å². The van der Waals surface area contributed by atoms with Gasteiger partial charge in [-0.05, 0) is 44.2 Å². The number of benzene rings is 1. The lowest BCUT2D eigenvalue weighted by Crippen LogP contribution is -2.51. The SMILES string of the molecule is CCC1CCCN1C(=O)C(CO)NC(=O)CCCCCCCCCCC(=O)NCCOc1ccccc1. The van der Waals surface area contributed by atoms with Crippen LogP contribution in [-0.2, 0) is 14.4 Å². The molecule has 0 saturated carbocycles. The molecule has 1 aliphatic heterocycles. The van der Waals surface area contributed by atoms with Crippen LogP contribution in [0.15, 0.2) is 30.3 Å². The van der Waals surface area contributed by atoms with E-state index in [0.29, 0.717) is 32.5 Å². The maximum Gasteiger partial charge on any atom is 0.247 e. The predicted molar refractivity (Wildman–Crippen MR) is 145 cm³/mol. The highest BCUT2D eigenvalue weighted by Gasteiger charge is 2.32. The summed E-state index contributed by atoms with van der Waals surface area (Å²) in [6, 6.07) is 8.96. The summed E-state index contributed by atoms with van der Waals surface area (Å²) < 4.78 is 5.56. The van der Waals surface area contributed by atoms with E-state index in [-0.39, 0.29) is 30.4 Å². The van der Waals surface area contributed by atoms with Gasteiger partial charge in [-0.3, -0.25) is 14.4 Å². The Morgan fingerprint density at radius 2 is 1.59 bits per heavy atom. The van der Waals surface area contributed by atoms with E-state index in [4.69, 9.17) is 4.74 Å². The first kappa shape index (κ1) is 30.6. The van der Waals surface area contributed by atoms with Crippen LogP contribution < -0.4 is 15.4 Å². The van der Waals surface area contributed by atoms with Crippen LogP contribution in [0.25, 0.3) is 0 Å². The van der Waals surface area contributed by atoms with Crippen molar-refractivity contribution in [2.75, 3.05) is 26.3 Å². The monoisotopic (exact) mass is 517 g/mol. The molecule has 2 rings (SSSR count). The van der Waals surface area contributed by atoms with Gasteiger partial charge in [-0.25, -0.2) is 0 Å². The summed E-state index contributed by atoms with van der Waals surface area (Å²) in [5.74, 6) is 0.565. The predicted octanol–water partition coefficient (Wildman–Crippen LogP) is 3.96. The van der Waals surface area contributed by atoms with Gasteiger partial charge in [0.1, 0.15) is 18.4 Å². The third-order valence-electron chi connectivity index (χ3n) is 6.94. The molecule has 1 saturated heterocycles. The number of rotatable bonds is 19. The minimum absolute atomic E-state index is 0.0747. The fourth-order valence-electron chi connectivity index (χ4n) is 4.80. The number of para-hydroxylation sites is 1. The summed E-state index contributed by atoms with van der Waals surface area (Å²) in [4.78, 5) is 38.7. The summed E-state index contributed by atoms with van der Waals surface area (Å²) in [5.41, 5.74) is 0. The number of unbranched alkanes of at least 4 members (excludes halogenated alkanes) is 7. The number of nitrogens with one attached hydrogen (secondary N) is 2. The molecule has 1 heterocycles. The average Bonchev–Trinajstić information content (AvgIpc) is 3.40. The van der Waals surface area contributed by atoms with Gasteiger partial charge in [0, 0.05) is 25.4 Å². The number of hydrogen-bond donors (Lipinski definition) is 3. The molecule has 8 nitrogen and oxygen atoms in total. The molecule has 2 unspecified atom stereocenters. The summed E-state index contributed by atoms with van der Waals surface area (Å²) in [5, 5.41) is 15.2. The second kappa shape index (κ2) is 18.6. The van der Waals surface area contributed by atoms with Gasteiger partial charge in [-0.2, -0.15) is 0 Å². The maximum absolute atomic E-state index is 12.7. The molecular weight excluding hydrogens is 470 g/mol. The molecule has 8 heteroatoms. The molecule has 37 heavy (non-hydrogen) atoms. The fourth-order valence-corrected chi connectivity index (χ4v) is 4.80. The Morgan fingerprint density at radius 3 is 2.22 bits per heavy atom. The zero-order valence-corrected chi connectivity index (χ0v) is 22.6. The van der Waals surface area contributed by atoms with Crippen LogP contribution in [0.3, 0.4) is 0 Å². The number of likely N-dealkylation sites (tertiary alicyclic amines) is 1. The van der Waals surface area contributed by atoms with Crippen LogP contribution in [0.1, 0.15) is 90.4 Å². The number of nitrogens with zero attached hydrogens (tertiary/aromatic N) is 1. The van der Waals surface area contributed by atoms with Crippen molar-refractivity contribution in [2.24, 2.45) is 0 Å². The second-order valence-corrected chi connectivity index (χ2v) is 9.88. The zero-order valence-electron chi connectivity index (χ0n) is 22.6. The highest BCUT2D eigenvalue weighted by molar-refractivity contribution is 5.88. The number of hydrogen-bond acceptors (Lipinski definition) is 5. The normalized spacial score (nSPS) is 15.8. The zero-order chi connectivity index (χ0) is 26.7. The summed E-state index contributed by atoms with van der Waals surface area (Å²) in [6.07, 6.45) is 12.0. The van der Waals surface area contributed by atoms with Gasteiger partial charge >= 0.3 is 0 Å². The number of carbonyl (C=O) groups excluding carboxylic acids is 3. The van der Waals surface area contributed by atoms with Gasteiger partial charge in [0.2, 0.25) is 17.7 Å². The van der Waals surface area contributed by atoms with Crippen molar-refractivity contribution in [3.63, 3.8) is 0 Å². The van der Waals surface area contributed by atoms with Crippen LogP contribution in [-0.4, -0.2) is 66.1 Å². The molecule has 0 aliphatic carbocycles. The Bertz CT molecular complexity index is 789. The number of carbonyl (C=O) groups is 3. The van der Waals surface area contributed by atoms with E-state index in [1.165, 1.54) is 0 Å². The van der Waals surface area contributed by atoms with Crippen LogP contribution in [0, 0.1) is 0 Å². The van der Waals surface area contributed by atoms with Crippen molar-refractivity contribution in [3.8, 4) is 5.75 Å². The molecule has 0 spiro atoms. The van der Waals surface area contributed by atoms with Gasteiger partial charge in [0.25, 0.3) is 0 Å². The number of amides is 3. The Balaban J connectivity index is 1.40. The fraction of sp³-hybridized carbons (Fsp3) is 0.690. The standard InChI is InChI=1S/C29H47N3O5/c1-2-24-15-14-21-32(24)29(36)26(23-33)31-28(35)19-13-8-6-4-3-5-7-12-18-27(34)30-20-22-37-25-16-10-9-11-17-25/h9-11,16-17,24,26,33H,2-8,12-15,18-23H2,1H3,(H,30,34)(H,31,35). The molecule has 1 aliphatic rings. The molecule has 1 aromatic carbocycles. The molecule has 1 aromatic rings. The lowest BCUT2D eigenvalue weighted by molar-refractivity contribution is -0.138. The van der Waals surface area contributed by atoms with Crippen LogP contribution in [0.5, 0.6) is 5.75 Å². The quantitative estimate of drug-likeness (QED) is 0.241. The molecule has 3 amide bonds. The second-order valence-electron chi connectivity index (χ2n) is 9.88. The van der Waals surface area contributed by atoms with Gasteiger partial charge in [0.05, 0.1) is 13.2 Å². The van der Waals surface area contributed by atoms with E-state index in [2.05, 4.69) is 17.6 Å². The van der Waals surface area contributed by atoms with Crippen molar-refractivity contribution < 1.29 is 24.2 Å².